The summed E-state index contributed by atoms with van der Waals surface area (Å²) in [5.74, 6) is 0.908. The molecule has 2 bridgehead atoms. The molecule has 1 amide bonds. The second-order valence-corrected chi connectivity index (χ2v) is 10.7. The second kappa shape index (κ2) is 8.31. The van der Waals surface area contributed by atoms with Crippen LogP contribution >= 0.6 is 0 Å². The van der Waals surface area contributed by atoms with Gasteiger partial charge in [0, 0.05) is 12.1 Å². The Morgan fingerprint density at radius 3 is 2.30 bits per heavy atom. The number of amides is 1. The largest absolute Gasteiger partial charge is 0.494 e. The van der Waals surface area contributed by atoms with E-state index in [-0.39, 0.29) is 24.5 Å². The van der Waals surface area contributed by atoms with Crippen LogP contribution in [0.3, 0.4) is 0 Å². The Hall–Kier alpha value is -1.33. The molecule has 0 aromatic heterocycles. The average Bonchev–Trinajstić information content (AvgIpc) is 2.88. The topological polar surface area (TPSA) is 47.6 Å². The third-order valence-corrected chi connectivity index (χ3v) is 8.02. The smallest absolute Gasteiger partial charge is 0.399 e. The summed E-state index contributed by atoms with van der Waals surface area (Å²) in [7, 11) is -0.441. The second-order valence-electron chi connectivity index (χ2n) is 10.7. The molecule has 1 N–H and O–H groups in total. The molecule has 3 fully saturated rings. The Bertz CT molecular complexity index is 763. The van der Waals surface area contributed by atoms with Gasteiger partial charge in [-0.15, -0.1) is 0 Å². The van der Waals surface area contributed by atoms with E-state index in [1.807, 2.05) is 25.1 Å². The van der Waals surface area contributed by atoms with Crippen molar-refractivity contribution in [3.8, 4) is 0 Å². The lowest BCUT2D eigenvalue weighted by Gasteiger charge is -2.45. The zero-order chi connectivity index (χ0) is 20.9. The van der Waals surface area contributed by atoms with Crippen LogP contribution in [0.1, 0.15) is 88.6 Å². The summed E-state index contributed by atoms with van der Waals surface area (Å²) in [4.78, 5) is 13.1. The number of nitrogens with one attached hydrogen (secondary N) is 1. The highest BCUT2D eigenvalue weighted by Crippen LogP contribution is 2.48. The quantitative estimate of drug-likeness (QED) is 0.730. The van der Waals surface area contributed by atoms with Crippen LogP contribution in [0.5, 0.6) is 0 Å². The van der Waals surface area contributed by atoms with Crippen molar-refractivity contribution in [2.45, 2.75) is 90.8 Å². The fraction of sp³-hybridized carbons (Fsp3) is 0.680. The first-order chi connectivity index (χ1) is 13.6. The van der Waals surface area contributed by atoms with Crippen LogP contribution in [0.4, 0.5) is 0 Å². The van der Waals surface area contributed by atoms with Crippen LogP contribution in [-0.2, 0) is 9.31 Å². The fourth-order valence-electron chi connectivity index (χ4n) is 5.44. The zero-order valence-corrected chi connectivity index (χ0v) is 19.5. The number of benzene rings is 1. The van der Waals surface area contributed by atoms with Gasteiger partial charge in [0.2, 0.25) is 0 Å². The molecule has 2 saturated carbocycles. The Labute approximate surface area is 183 Å². The molecule has 1 saturated heterocycles. The highest BCUT2D eigenvalue weighted by molar-refractivity contribution is 6.62. The monoisotopic (exact) mass is 411 g/mol. The Kier molecular flexibility index (Phi) is 6.47. The molecule has 0 atom stereocenters. The van der Waals surface area contributed by atoms with E-state index in [0.29, 0.717) is 5.41 Å². The molecule has 1 heterocycles. The molecule has 1 aromatic rings. The van der Waals surface area contributed by atoms with E-state index in [4.69, 9.17) is 9.31 Å². The standard InChI is InChI=1S/C24H36BNO3.CH2/c1-17-10-11-19(25-28-22(2,3)23(4,5)29-25)14-20(17)21(27)26-16-24-12-6-8-18(15-24)9-7-13-24;/h10-11,14,18H,6-9,12-13,15-16H2,1-5H3,(H,26,27);1H2. The van der Waals surface area contributed by atoms with E-state index in [2.05, 4.69) is 33.0 Å². The van der Waals surface area contributed by atoms with Gasteiger partial charge >= 0.3 is 7.12 Å². The molecule has 2 aliphatic carbocycles. The lowest BCUT2D eigenvalue weighted by molar-refractivity contribution is 0.00578. The number of carbonyl (C=O) groups is 1. The number of aryl methyl sites for hydroxylation is 1. The lowest BCUT2D eigenvalue weighted by Crippen LogP contribution is -2.43. The zero-order valence-electron chi connectivity index (χ0n) is 19.5. The molecule has 1 aliphatic heterocycles. The number of carbonyl (C=O) groups excluding carboxylic acids is 1. The van der Waals surface area contributed by atoms with Gasteiger partial charge < -0.3 is 14.6 Å². The number of hydrogen-bond donors (Lipinski definition) is 1. The maximum Gasteiger partial charge on any atom is 0.494 e. The maximum atomic E-state index is 13.1. The van der Waals surface area contributed by atoms with Crippen molar-refractivity contribution in [1.29, 1.82) is 0 Å². The minimum absolute atomic E-state index is 0. The minimum atomic E-state index is -0.441. The molecular weight excluding hydrogens is 373 g/mol. The van der Waals surface area contributed by atoms with Crippen molar-refractivity contribution in [2.75, 3.05) is 6.54 Å². The van der Waals surface area contributed by atoms with Crippen molar-refractivity contribution in [3.63, 3.8) is 0 Å². The molecule has 0 unspecified atom stereocenters. The first kappa shape index (κ1) is 23.3. The summed E-state index contributed by atoms with van der Waals surface area (Å²) in [5.41, 5.74) is 2.19. The SMILES string of the molecule is Cc1ccc(B2OC(C)(C)C(C)(C)O2)cc1C(=O)NCC12CCCC(CCC1)C2.[CH2]. The first-order valence-corrected chi connectivity index (χ1v) is 11.4. The van der Waals surface area contributed by atoms with E-state index in [1.54, 1.807) is 0 Å². The van der Waals surface area contributed by atoms with Crippen molar-refractivity contribution in [3.05, 3.63) is 36.8 Å². The summed E-state index contributed by atoms with van der Waals surface area (Å²) in [6.07, 6.45) is 9.21. The summed E-state index contributed by atoms with van der Waals surface area (Å²) < 4.78 is 12.4. The summed E-state index contributed by atoms with van der Waals surface area (Å²) in [6, 6.07) is 5.97. The highest BCUT2D eigenvalue weighted by Gasteiger charge is 2.51. The summed E-state index contributed by atoms with van der Waals surface area (Å²) >= 11 is 0. The molecule has 2 radical (unpaired) electrons. The van der Waals surface area contributed by atoms with Gasteiger partial charge in [-0.05, 0) is 82.3 Å². The van der Waals surface area contributed by atoms with Crippen molar-refractivity contribution in [2.24, 2.45) is 11.3 Å². The van der Waals surface area contributed by atoms with Crippen molar-refractivity contribution >= 4 is 18.5 Å². The third-order valence-electron chi connectivity index (χ3n) is 8.02. The van der Waals surface area contributed by atoms with Gasteiger partial charge in [0.25, 0.3) is 5.91 Å². The van der Waals surface area contributed by atoms with Crippen LogP contribution in [0.2, 0.25) is 0 Å². The Morgan fingerprint density at radius 1 is 1.10 bits per heavy atom. The fourth-order valence-corrected chi connectivity index (χ4v) is 5.44. The predicted octanol–water partition coefficient (Wildman–Crippen LogP) is 4.71. The number of hydrogen-bond acceptors (Lipinski definition) is 3. The number of rotatable bonds is 4. The molecule has 30 heavy (non-hydrogen) atoms. The van der Waals surface area contributed by atoms with Crippen LogP contribution < -0.4 is 10.8 Å². The minimum Gasteiger partial charge on any atom is -0.399 e. The van der Waals surface area contributed by atoms with Gasteiger partial charge in [-0.2, -0.15) is 0 Å². The van der Waals surface area contributed by atoms with Crippen molar-refractivity contribution < 1.29 is 14.1 Å². The van der Waals surface area contributed by atoms with Gasteiger partial charge in [0.05, 0.1) is 11.2 Å². The van der Waals surface area contributed by atoms with Crippen LogP contribution in [0.15, 0.2) is 18.2 Å². The van der Waals surface area contributed by atoms with E-state index in [0.717, 1.165) is 29.1 Å². The van der Waals surface area contributed by atoms with Gasteiger partial charge in [0.1, 0.15) is 0 Å². The highest BCUT2D eigenvalue weighted by atomic mass is 16.7. The van der Waals surface area contributed by atoms with E-state index in [1.165, 1.54) is 44.9 Å². The molecule has 164 valence electrons. The molecule has 4 nitrogen and oxygen atoms in total. The van der Waals surface area contributed by atoms with E-state index < -0.39 is 7.12 Å². The summed E-state index contributed by atoms with van der Waals surface area (Å²) in [6.45, 7) is 11.0. The van der Waals surface area contributed by atoms with Gasteiger partial charge in [0.15, 0.2) is 0 Å². The molecule has 5 heteroatoms. The van der Waals surface area contributed by atoms with E-state index in [9.17, 15) is 4.79 Å². The normalized spacial score (nSPS) is 29.2. The van der Waals surface area contributed by atoms with Gasteiger partial charge in [-0.25, -0.2) is 0 Å². The Morgan fingerprint density at radius 2 is 1.70 bits per heavy atom. The van der Waals surface area contributed by atoms with Crippen LogP contribution in [-0.4, -0.2) is 30.8 Å². The van der Waals surface area contributed by atoms with Gasteiger partial charge in [-0.1, -0.05) is 45.2 Å². The van der Waals surface area contributed by atoms with E-state index >= 15 is 0 Å². The molecule has 3 aliphatic rings. The van der Waals surface area contributed by atoms with Gasteiger partial charge in [-0.3, -0.25) is 4.79 Å². The Balaban J connectivity index is 0.00000256. The third kappa shape index (κ3) is 4.34. The molecule has 4 rings (SSSR count). The van der Waals surface area contributed by atoms with Crippen LogP contribution in [0.25, 0.3) is 0 Å². The summed E-state index contributed by atoms with van der Waals surface area (Å²) in [5, 5.41) is 3.29. The molecule has 0 spiro atoms. The van der Waals surface area contributed by atoms with Crippen LogP contribution in [0, 0.1) is 25.7 Å². The average molecular weight is 411 g/mol. The maximum absolute atomic E-state index is 13.1. The first-order valence-electron chi connectivity index (χ1n) is 11.4. The predicted molar refractivity (Wildman–Crippen MR) is 123 cm³/mol. The van der Waals surface area contributed by atoms with Crippen molar-refractivity contribution in [1.82, 2.24) is 5.32 Å². The molecule has 1 aromatic carbocycles. The number of fused-ring (bicyclic) bond motifs is 2. The lowest BCUT2D eigenvalue weighted by atomic mass is 9.62. The molecular formula is C25H38BNO3.